The Morgan fingerprint density at radius 1 is 1.14 bits per heavy atom. The van der Waals surface area contributed by atoms with Crippen molar-refractivity contribution < 1.29 is 9.47 Å². The quantitative estimate of drug-likeness (QED) is 0.626. The number of anilines is 2. The largest absolute Gasteiger partial charge is 0.493 e. The molecule has 2 aromatic rings. The predicted molar refractivity (Wildman–Crippen MR) is 85.1 cm³/mol. The number of rotatable bonds is 6. The lowest BCUT2D eigenvalue weighted by atomic mass is 10.2. The lowest BCUT2D eigenvalue weighted by Crippen LogP contribution is -2.05. The van der Waals surface area contributed by atoms with Gasteiger partial charge in [0, 0.05) is 12.6 Å². The van der Waals surface area contributed by atoms with Gasteiger partial charge in [0.25, 0.3) is 0 Å². The highest BCUT2D eigenvalue weighted by atomic mass is 32.2. The molecule has 7 heteroatoms. The van der Waals surface area contributed by atoms with Crippen molar-refractivity contribution in [3.8, 4) is 11.5 Å². The normalized spacial score (nSPS) is 10.2. The van der Waals surface area contributed by atoms with Crippen LogP contribution < -0.4 is 20.5 Å². The minimum absolute atomic E-state index is 0.448. The van der Waals surface area contributed by atoms with Crippen LogP contribution in [0.1, 0.15) is 5.56 Å². The maximum absolute atomic E-state index is 5.75. The smallest absolute Gasteiger partial charge is 0.191 e. The molecule has 1 heterocycles. The van der Waals surface area contributed by atoms with Crippen LogP contribution in [0.4, 0.5) is 11.6 Å². The third-order valence-corrected chi connectivity index (χ3v) is 3.38. The van der Waals surface area contributed by atoms with E-state index in [1.165, 1.54) is 11.8 Å². The van der Waals surface area contributed by atoms with Crippen LogP contribution in [0.2, 0.25) is 0 Å². The first-order valence-electron chi connectivity index (χ1n) is 6.29. The molecule has 0 bridgehead atoms. The number of nitrogens with one attached hydrogen (secondary N) is 1. The lowest BCUT2D eigenvalue weighted by molar-refractivity contribution is 0.354. The molecule has 1 aromatic heterocycles. The maximum atomic E-state index is 5.75. The molecule has 21 heavy (non-hydrogen) atoms. The SMILES string of the molecule is COc1ccc(CNc2cc(N)nc(SC)n2)cc1OC. The molecule has 3 N–H and O–H groups in total. The van der Waals surface area contributed by atoms with Crippen LogP contribution in [0.3, 0.4) is 0 Å². The van der Waals surface area contributed by atoms with Crippen LogP contribution in [-0.2, 0) is 6.54 Å². The second kappa shape index (κ2) is 7.03. The molecule has 0 aliphatic heterocycles. The number of nitrogen functional groups attached to an aromatic ring is 1. The van der Waals surface area contributed by atoms with Crippen molar-refractivity contribution in [3.63, 3.8) is 0 Å². The van der Waals surface area contributed by atoms with Gasteiger partial charge in [0.2, 0.25) is 0 Å². The summed E-state index contributed by atoms with van der Waals surface area (Å²) in [5.74, 6) is 2.55. The number of benzene rings is 1. The molecule has 0 radical (unpaired) electrons. The third-order valence-electron chi connectivity index (χ3n) is 2.83. The van der Waals surface area contributed by atoms with Crippen LogP contribution >= 0.6 is 11.8 Å². The standard InChI is InChI=1S/C14H18N4O2S/c1-19-10-5-4-9(6-11(10)20-2)8-16-13-7-12(15)17-14(18-13)21-3/h4-7H,8H2,1-3H3,(H3,15,16,17,18). The van der Waals surface area contributed by atoms with Crippen LogP contribution in [0.25, 0.3) is 0 Å². The molecule has 0 spiro atoms. The minimum Gasteiger partial charge on any atom is -0.493 e. The van der Waals surface area contributed by atoms with Gasteiger partial charge in [-0.15, -0.1) is 0 Å². The Hall–Kier alpha value is -2.15. The fourth-order valence-electron chi connectivity index (χ4n) is 1.81. The molecule has 6 nitrogen and oxygen atoms in total. The van der Waals surface area contributed by atoms with Crippen molar-refractivity contribution >= 4 is 23.4 Å². The van der Waals surface area contributed by atoms with Crippen molar-refractivity contribution in [1.82, 2.24) is 9.97 Å². The molecular weight excluding hydrogens is 288 g/mol. The molecule has 0 amide bonds. The Morgan fingerprint density at radius 3 is 2.57 bits per heavy atom. The van der Waals surface area contributed by atoms with Gasteiger partial charge >= 0.3 is 0 Å². The van der Waals surface area contributed by atoms with E-state index in [0.717, 1.165) is 5.56 Å². The predicted octanol–water partition coefficient (Wildman–Crippen LogP) is 2.41. The average molecular weight is 306 g/mol. The zero-order chi connectivity index (χ0) is 15.2. The molecule has 112 valence electrons. The minimum atomic E-state index is 0.448. The van der Waals surface area contributed by atoms with E-state index >= 15 is 0 Å². The zero-order valence-electron chi connectivity index (χ0n) is 12.2. The van der Waals surface area contributed by atoms with E-state index in [-0.39, 0.29) is 0 Å². The maximum Gasteiger partial charge on any atom is 0.191 e. The summed E-state index contributed by atoms with van der Waals surface area (Å²) in [5, 5.41) is 3.87. The summed E-state index contributed by atoms with van der Waals surface area (Å²) < 4.78 is 10.5. The van der Waals surface area contributed by atoms with Crippen LogP contribution in [0, 0.1) is 0 Å². The zero-order valence-corrected chi connectivity index (χ0v) is 13.0. The second-order valence-corrected chi connectivity index (χ2v) is 4.98. The van der Waals surface area contributed by atoms with Crippen molar-refractivity contribution in [2.24, 2.45) is 0 Å². The monoisotopic (exact) mass is 306 g/mol. The van der Waals surface area contributed by atoms with E-state index in [2.05, 4.69) is 15.3 Å². The second-order valence-electron chi connectivity index (χ2n) is 4.21. The van der Waals surface area contributed by atoms with Gasteiger partial charge < -0.3 is 20.5 Å². The van der Waals surface area contributed by atoms with E-state index in [1.54, 1.807) is 20.3 Å². The Bertz CT molecular complexity index is 622. The number of thioether (sulfide) groups is 1. The molecule has 0 fully saturated rings. The summed E-state index contributed by atoms with van der Waals surface area (Å²) in [7, 11) is 3.23. The molecular formula is C14H18N4O2S. The Balaban J connectivity index is 2.11. The first-order chi connectivity index (χ1) is 10.2. The lowest BCUT2D eigenvalue weighted by Gasteiger charge is -2.11. The number of nitrogens with two attached hydrogens (primary N) is 1. The van der Waals surface area contributed by atoms with Crippen LogP contribution in [-0.4, -0.2) is 30.4 Å². The van der Waals surface area contributed by atoms with Crippen molar-refractivity contribution in [2.45, 2.75) is 11.7 Å². The molecule has 0 aliphatic rings. The molecule has 1 aromatic carbocycles. The third kappa shape index (κ3) is 3.91. The van der Waals surface area contributed by atoms with E-state index in [0.29, 0.717) is 34.8 Å². The summed E-state index contributed by atoms with van der Waals surface area (Å²) in [6.45, 7) is 0.602. The number of nitrogens with zero attached hydrogens (tertiary/aromatic N) is 2. The number of methoxy groups -OCH3 is 2. The Kier molecular flexibility index (Phi) is 5.10. The molecule has 0 unspecified atom stereocenters. The molecule has 2 rings (SSSR count). The van der Waals surface area contributed by atoms with Crippen molar-refractivity contribution in [3.05, 3.63) is 29.8 Å². The first-order valence-corrected chi connectivity index (χ1v) is 7.52. The number of aromatic nitrogens is 2. The van der Waals surface area contributed by atoms with Gasteiger partial charge in [-0.2, -0.15) is 0 Å². The van der Waals surface area contributed by atoms with Crippen molar-refractivity contribution in [2.75, 3.05) is 31.5 Å². The highest BCUT2D eigenvalue weighted by molar-refractivity contribution is 7.98. The van der Waals surface area contributed by atoms with E-state index in [4.69, 9.17) is 15.2 Å². The Morgan fingerprint density at radius 2 is 1.90 bits per heavy atom. The fraction of sp³-hybridized carbons (Fsp3) is 0.286. The molecule has 0 aliphatic carbocycles. The highest BCUT2D eigenvalue weighted by Gasteiger charge is 2.06. The molecule has 0 atom stereocenters. The van der Waals surface area contributed by atoms with Gasteiger partial charge in [0.05, 0.1) is 14.2 Å². The van der Waals surface area contributed by atoms with Gasteiger partial charge in [-0.3, -0.25) is 0 Å². The van der Waals surface area contributed by atoms with E-state index in [1.807, 2.05) is 24.5 Å². The van der Waals surface area contributed by atoms with Gasteiger partial charge in [0.1, 0.15) is 11.6 Å². The Labute approximate surface area is 128 Å². The van der Waals surface area contributed by atoms with E-state index in [9.17, 15) is 0 Å². The highest BCUT2D eigenvalue weighted by Crippen LogP contribution is 2.27. The van der Waals surface area contributed by atoms with Gasteiger partial charge in [0.15, 0.2) is 16.7 Å². The summed E-state index contributed by atoms with van der Waals surface area (Å²) in [5.41, 5.74) is 6.80. The summed E-state index contributed by atoms with van der Waals surface area (Å²) in [6, 6.07) is 7.47. The van der Waals surface area contributed by atoms with Crippen LogP contribution in [0.5, 0.6) is 11.5 Å². The summed E-state index contributed by atoms with van der Waals surface area (Å²) in [6.07, 6.45) is 1.91. The topological polar surface area (TPSA) is 82.3 Å². The van der Waals surface area contributed by atoms with E-state index < -0.39 is 0 Å². The molecule has 0 saturated heterocycles. The summed E-state index contributed by atoms with van der Waals surface area (Å²) >= 11 is 1.45. The number of hydrogen-bond acceptors (Lipinski definition) is 7. The average Bonchev–Trinajstić information content (AvgIpc) is 2.52. The van der Waals surface area contributed by atoms with Gasteiger partial charge in [-0.1, -0.05) is 17.8 Å². The van der Waals surface area contributed by atoms with Gasteiger partial charge in [-0.05, 0) is 24.0 Å². The van der Waals surface area contributed by atoms with Gasteiger partial charge in [-0.25, -0.2) is 9.97 Å². The number of hydrogen-bond donors (Lipinski definition) is 2. The fourth-order valence-corrected chi connectivity index (χ4v) is 2.19. The molecule has 0 saturated carbocycles. The summed E-state index contributed by atoms with van der Waals surface area (Å²) in [4.78, 5) is 8.46. The number of ether oxygens (including phenoxy) is 2. The van der Waals surface area contributed by atoms with Crippen molar-refractivity contribution in [1.29, 1.82) is 0 Å². The first kappa shape index (κ1) is 15.2. The van der Waals surface area contributed by atoms with Crippen LogP contribution in [0.15, 0.2) is 29.4 Å².